The summed E-state index contributed by atoms with van der Waals surface area (Å²) >= 11 is 0. The molecule has 4 rings (SSSR count). The third-order valence-corrected chi connectivity index (χ3v) is 5.17. The zero-order valence-corrected chi connectivity index (χ0v) is 13.7. The van der Waals surface area contributed by atoms with Crippen LogP contribution in [0.25, 0.3) is 0 Å². The number of benzene rings is 1. The number of carbonyl (C=O) groups is 1. The molecule has 1 aliphatic heterocycles. The summed E-state index contributed by atoms with van der Waals surface area (Å²) < 4.78 is 0. The smallest absolute Gasteiger partial charge is 0.248 e. The lowest BCUT2D eigenvalue weighted by atomic mass is 9.97. The number of hydrogen-bond donors (Lipinski definition) is 1. The van der Waals surface area contributed by atoms with Crippen LogP contribution >= 0.6 is 0 Å². The highest BCUT2D eigenvalue weighted by Gasteiger charge is 2.27. The summed E-state index contributed by atoms with van der Waals surface area (Å²) in [4.78, 5) is 22.7. The van der Waals surface area contributed by atoms with Gasteiger partial charge in [0, 0.05) is 29.9 Å². The maximum atomic E-state index is 11.3. The van der Waals surface area contributed by atoms with Crippen LogP contribution in [0, 0.1) is 5.92 Å². The number of nitrogens with zero attached hydrogens (tertiary/aromatic N) is 3. The van der Waals surface area contributed by atoms with Gasteiger partial charge in [0.05, 0.1) is 0 Å². The first-order valence-electron chi connectivity index (χ1n) is 8.67. The van der Waals surface area contributed by atoms with Crippen molar-refractivity contribution in [3.63, 3.8) is 0 Å². The van der Waals surface area contributed by atoms with E-state index in [-0.39, 0.29) is 5.91 Å². The number of amides is 1. The Morgan fingerprint density at radius 2 is 2.21 bits per heavy atom. The Bertz CT molecular complexity index is 774. The van der Waals surface area contributed by atoms with Gasteiger partial charge in [0.2, 0.25) is 5.91 Å². The molecule has 2 aliphatic rings. The van der Waals surface area contributed by atoms with Crippen LogP contribution in [-0.4, -0.2) is 29.0 Å². The molecule has 2 N–H and O–H groups in total. The third kappa shape index (κ3) is 2.86. The standard InChI is InChI=1S/C19H22N4O/c20-18(24)15-4-1-3-13(10-15)9-14-7-8-23(11-14)19-16-5-2-6-17(16)21-12-22-19/h1,3-4,10,12,14H,2,5-9,11H2,(H2,20,24)/t14-/m1/s1. The van der Waals surface area contributed by atoms with Crippen molar-refractivity contribution in [1.29, 1.82) is 0 Å². The minimum Gasteiger partial charge on any atom is -0.366 e. The molecule has 1 atom stereocenters. The predicted octanol–water partition coefficient (Wildman–Crippen LogP) is 2.13. The van der Waals surface area contributed by atoms with Crippen LogP contribution in [0.15, 0.2) is 30.6 Å². The molecule has 0 radical (unpaired) electrons. The SMILES string of the molecule is NC(=O)c1cccc(C[C@H]2CCN(c3ncnc4c3CCC4)C2)c1. The van der Waals surface area contributed by atoms with Crippen molar-refractivity contribution in [2.24, 2.45) is 11.7 Å². The fourth-order valence-electron chi connectivity index (χ4n) is 3.99. The summed E-state index contributed by atoms with van der Waals surface area (Å²) in [7, 11) is 0. The Hall–Kier alpha value is -2.43. The molecule has 2 aromatic rings. The molecule has 5 heteroatoms. The van der Waals surface area contributed by atoms with Gasteiger partial charge in [-0.2, -0.15) is 0 Å². The number of rotatable bonds is 4. The summed E-state index contributed by atoms with van der Waals surface area (Å²) in [5, 5.41) is 0. The summed E-state index contributed by atoms with van der Waals surface area (Å²) in [5.74, 6) is 1.37. The molecule has 0 unspecified atom stereocenters. The van der Waals surface area contributed by atoms with E-state index in [4.69, 9.17) is 5.73 Å². The van der Waals surface area contributed by atoms with E-state index in [2.05, 4.69) is 20.9 Å². The number of fused-ring (bicyclic) bond motifs is 1. The van der Waals surface area contributed by atoms with E-state index >= 15 is 0 Å². The van der Waals surface area contributed by atoms with Crippen LogP contribution in [-0.2, 0) is 19.3 Å². The van der Waals surface area contributed by atoms with Crippen LogP contribution in [0.2, 0.25) is 0 Å². The second-order valence-corrected chi connectivity index (χ2v) is 6.85. The molecule has 1 aliphatic carbocycles. The van der Waals surface area contributed by atoms with E-state index in [0.717, 1.165) is 44.6 Å². The second kappa shape index (κ2) is 6.23. The van der Waals surface area contributed by atoms with Crippen LogP contribution in [0.3, 0.4) is 0 Å². The van der Waals surface area contributed by atoms with Gasteiger partial charge in [0.15, 0.2) is 0 Å². The van der Waals surface area contributed by atoms with Crippen molar-refractivity contribution in [2.75, 3.05) is 18.0 Å². The minimum atomic E-state index is -0.360. The molecular formula is C19H22N4O. The Balaban J connectivity index is 1.47. The molecule has 24 heavy (non-hydrogen) atoms. The van der Waals surface area contributed by atoms with Gasteiger partial charge in [0.25, 0.3) is 0 Å². The highest BCUT2D eigenvalue weighted by atomic mass is 16.1. The topological polar surface area (TPSA) is 72.1 Å². The van der Waals surface area contributed by atoms with E-state index in [1.54, 1.807) is 12.4 Å². The van der Waals surface area contributed by atoms with Crippen molar-refractivity contribution in [3.8, 4) is 0 Å². The van der Waals surface area contributed by atoms with E-state index in [9.17, 15) is 4.79 Å². The molecule has 0 spiro atoms. The van der Waals surface area contributed by atoms with Crippen molar-refractivity contribution in [3.05, 3.63) is 53.0 Å². The second-order valence-electron chi connectivity index (χ2n) is 6.85. The van der Waals surface area contributed by atoms with Gasteiger partial charge >= 0.3 is 0 Å². The molecule has 1 fully saturated rings. The summed E-state index contributed by atoms with van der Waals surface area (Å²) in [5.41, 5.74) is 9.75. The Morgan fingerprint density at radius 1 is 1.29 bits per heavy atom. The van der Waals surface area contributed by atoms with Gasteiger partial charge in [0.1, 0.15) is 12.1 Å². The summed E-state index contributed by atoms with van der Waals surface area (Å²) in [6.45, 7) is 2.06. The number of aryl methyl sites for hydroxylation is 1. The molecular weight excluding hydrogens is 300 g/mol. The fraction of sp³-hybridized carbons (Fsp3) is 0.421. The van der Waals surface area contributed by atoms with Gasteiger partial charge < -0.3 is 10.6 Å². The number of carbonyl (C=O) groups excluding carboxylic acids is 1. The van der Waals surface area contributed by atoms with E-state index < -0.39 is 0 Å². The van der Waals surface area contributed by atoms with Crippen molar-refractivity contribution in [2.45, 2.75) is 32.1 Å². The quantitative estimate of drug-likeness (QED) is 0.936. The highest BCUT2D eigenvalue weighted by Crippen LogP contribution is 2.32. The summed E-state index contributed by atoms with van der Waals surface area (Å²) in [6, 6.07) is 7.70. The lowest BCUT2D eigenvalue weighted by molar-refractivity contribution is 0.1000. The van der Waals surface area contributed by atoms with E-state index in [1.165, 1.54) is 23.2 Å². The monoisotopic (exact) mass is 322 g/mol. The minimum absolute atomic E-state index is 0.360. The van der Waals surface area contributed by atoms with Crippen LogP contribution < -0.4 is 10.6 Å². The number of hydrogen-bond acceptors (Lipinski definition) is 4. The van der Waals surface area contributed by atoms with E-state index in [0.29, 0.717) is 11.5 Å². The van der Waals surface area contributed by atoms with Crippen molar-refractivity contribution >= 4 is 11.7 Å². The van der Waals surface area contributed by atoms with Gasteiger partial charge in [-0.25, -0.2) is 9.97 Å². The molecule has 1 saturated heterocycles. The lowest BCUT2D eigenvalue weighted by Crippen LogP contribution is -2.23. The van der Waals surface area contributed by atoms with E-state index in [1.807, 2.05) is 12.1 Å². The van der Waals surface area contributed by atoms with Gasteiger partial charge in [-0.3, -0.25) is 4.79 Å². The largest absolute Gasteiger partial charge is 0.366 e. The van der Waals surface area contributed by atoms with Crippen molar-refractivity contribution < 1.29 is 4.79 Å². The Kier molecular flexibility index (Phi) is 3.92. The zero-order chi connectivity index (χ0) is 16.5. The molecule has 1 amide bonds. The Labute approximate surface area is 141 Å². The van der Waals surface area contributed by atoms with Crippen LogP contribution in [0.5, 0.6) is 0 Å². The van der Waals surface area contributed by atoms with Crippen molar-refractivity contribution in [1.82, 2.24) is 9.97 Å². The molecule has 5 nitrogen and oxygen atoms in total. The summed E-state index contributed by atoms with van der Waals surface area (Å²) in [6.07, 6.45) is 7.22. The maximum absolute atomic E-state index is 11.3. The number of aromatic nitrogens is 2. The molecule has 1 aromatic carbocycles. The molecule has 0 bridgehead atoms. The third-order valence-electron chi connectivity index (χ3n) is 5.17. The number of nitrogens with two attached hydrogens (primary N) is 1. The molecule has 0 saturated carbocycles. The number of primary amides is 1. The first-order valence-corrected chi connectivity index (χ1v) is 8.67. The van der Waals surface area contributed by atoms with Gasteiger partial charge in [-0.05, 0) is 55.7 Å². The first-order chi connectivity index (χ1) is 11.7. The van der Waals surface area contributed by atoms with Crippen LogP contribution in [0.4, 0.5) is 5.82 Å². The highest BCUT2D eigenvalue weighted by molar-refractivity contribution is 5.92. The average molecular weight is 322 g/mol. The normalized spacial score (nSPS) is 19.5. The van der Waals surface area contributed by atoms with Gasteiger partial charge in [-0.1, -0.05) is 12.1 Å². The maximum Gasteiger partial charge on any atom is 0.248 e. The predicted molar refractivity (Wildman–Crippen MR) is 93.0 cm³/mol. The van der Waals surface area contributed by atoms with Crippen LogP contribution in [0.1, 0.15) is 40.0 Å². The zero-order valence-electron chi connectivity index (χ0n) is 13.7. The first kappa shape index (κ1) is 15.1. The van der Waals surface area contributed by atoms with Gasteiger partial charge in [-0.15, -0.1) is 0 Å². The Morgan fingerprint density at radius 3 is 3.08 bits per heavy atom. The molecule has 2 heterocycles. The molecule has 1 aromatic heterocycles. The lowest BCUT2D eigenvalue weighted by Gasteiger charge is -2.20. The number of anilines is 1. The average Bonchev–Trinajstić information content (AvgIpc) is 3.23. The fourth-order valence-corrected chi connectivity index (χ4v) is 3.99. The molecule has 124 valence electrons.